The van der Waals surface area contributed by atoms with E-state index in [0.717, 1.165) is 15.9 Å². The van der Waals surface area contributed by atoms with Gasteiger partial charge < -0.3 is 0 Å². The number of thioether (sulfide) groups is 1. The molecule has 1 aliphatic heterocycles. The predicted octanol–water partition coefficient (Wildman–Crippen LogP) is 4.89. The van der Waals surface area contributed by atoms with Crippen LogP contribution in [0.1, 0.15) is 11.1 Å². The van der Waals surface area contributed by atoms with E-state index in [1.807, 2.05) is 30.5 Å². The van der Waals surface area contributed by atoms with Gasteiger partial charge in [0.05, 0.1) is 5.69 Å². The van der Waals surface area contributed by atoms with Crippen LogP contribution in [-0.4, -0.2) is 43.9 Å². The van der Waals surface area contributed by atoms with Gasteiger partial charge in [-0.1, -0.05) is 60.7 Å². The summed E-state index contributed by atoms with van der Waals surface area (Å²) in [6.45, 7) is 0. The molecule has 0 unspecified atom stereocenters. The lowest BCUT2D eigenvalue weighted by Crippen LogP contribution is -2.34. The van der Waals surface area contributed by atoms with Crippen LogP contribution in [0.3, 0.4) is 0 Å². The summed E-state index contributed by atoms with van der Waals surface area (Å²) in [5.41, 5.74) is 0.991. The number of aliphatic imine (C=N–C) groups is 1. The lowest BCUT2D eigenvalue weighted by molar-refractivity contribution is -0.113. The van der Waals surface area contributed by atoms with E-state index in [2.05, 4.69) is 4.99 Å². The zero-order valence-corrected chi connectivity index (χ0v) is 22.7. The van der Waals surface area contributed by atoms with Crippen molar-refractivity contribution in [2.24, 2.45) is 4.99 Å². The van der Waals surface area contributed by atoms with E-state index in [4.69, 9.17) is 0 Å². The number of nitrogens with zero attached hydrogens (tertiary/aromatic N) is 2. The molecule has 0 saturated carbocycles. The zero-order chi connectivity index (χ0) is 27.9. The second-order valence-electron chi connectivity index (χ2n) is 8.46. The molecule has 5 rings (SSSR count). The van der Waals surface area contributed by atoms with Crippen LogP contribution in [0.25, 0.3) is 16.8 Å². The molecule has 0 aromatic heterocycles. The maximum absolute atomic E-state index is 13.8. The fraction of sp³-hybridized carbons (Fsp3) is 0.0370. The second kappa shape index (κ2) is 10.1. The highest BCUT2D eigenvalue weighted by Gasteiger charge is 2.37. The van der Waals surface area contributed by atoms with Crippen LogP contribution in [0.15, 0.2) is 110 Å². The summed E-state index contributed by atoms with van der Waals surface area (Å²) in [7, 11) is -9.75. The standard InChI is InChI=1S/C27H20N2O7S3/c1-37-19-12-10-17(11-13-19)16-22-27(30)29(26(28-22)18-6-3-2-4-7-18)23-15-14-20-21(25(23)39(34,35)36)8-5-9-24(20)38(31,32)33/h2-16H,1H3,(H,31,32,33)(H,34,35,36)/b22-16-. The minimum atomic E-state index is -5.02. The Kier molecular flexibility index (Phi) is 6.91. The zero-order valence-electron chi connectivity index (χ0n) is 20.2. The first-order valence-electron chi connectivity index (χ1n) is 11.3. The Labute approximate surface area is 229 Å². The molecule has 0 spiro atoms. The molecule has 12 heteroatoms. The Morgan fingerprint density at radius 1 is 0.795 bits per heavy atom. The van der Waals surface area contributed by atoms with Crippen molar-refractivity contribution >= 4 is 66.3 Å². The monoisotopic (exact) mass is 580 g/mol. The van der Waals surface area contributed by atoms with E-state index < -0.39 is 35.9 Å². The first kappa shape index (κ1) is 26.8. The SMILES string of the molecule is CSc1ccc(/C=C2\N=C(c3ccccc3)N(c3ccc4c(S(=O)(=O)O)cccc4c3S(=O)(=O)O)C2=O)cc1. The quantitative estimate of drug-likeness (QED) is 0.187. The molecule has 2 N–H and O–H groups in total. The second-order valence-corrected chi connectivity index (χ2v) is 12.1. The maximum atomic E-state index is 13.8. The first-order valence-corrected chi connectivity index (χ1v) is 15.4. The molecule has 1 heterocycles. The van der Waals surface area contributed by atoms with Crippen LogP contribution in [0.4, 0.5) is 5.69 Å². The van der Waals surface area contributed by atoms with E-state index in [1.54, 1.807) is 48.2 Å². The number of amidine groups is 1. The number of hydrogen-bond donors (Lipinski definition) is 2. The number of anilines is 1. The molecule has 0 fully saturated rings. The molecule has 9 nitrogen and oxygen atoms in total. The van der Waals surface area contributed by atoms with Gasteiger partial charge in [0.15, 0.2) is 0 Å². The summed E-state index contributed by atoms with van der Waals surface area (Å²) in [5, 5.41) is -0.346. The molecule has 0 radical (unpaired) electrons. The summed E-state index contributed by atoms with van der Waals surface area (Å²) in [5.74, 6) is -0.541. The Hall–Kier alpha value is -3.81. The predicted molar refractivity (Wildman–Crippen MR) is 150 cm³/mol. The molecule has 4 aromatic carbocycles. The van der Waals surface area contributed by atoms with Gasteiger partial charge >= 0.3 is 0 Å². The van der Waals surface area contributed by atoms with Crippen LogP contribution in [0, 0.1) is 0 Å². The molecular weight excluding hydrogens is 561 g/mol. The lowest BCUT2D eigenvalue weighted by Gasteiger charge is -2.22. The van der Waals surface area contributed by atoms with Gasteiger partial charge in [-0.25, -0.2) is 4.99 Å². The third kappa shape index (κ3) is 5.12. The van der Waals surface area contributed by atoms with Crippen molar-refractivity contribution in [3.8, 4) is 0 Å². The Balaban J connectivity index is 1.77. The Morgan fingerprint density at radius 3 is 2.10 bits per heavy atom. The molecule has 1 amide bonds. The van der Waals surface area contributed by atoms with Gasteiger partial charge in [0.2, 0.25) is 0 Å². The molecule has 0 saturated heterocycles. The number of benzene rings is 4. The van der Waals surface area contributed by atoms with E-state index in [-0.39, 0.29) is 28.0 Å². The van der Waals surface area contributed by atoms with Crippen molar-refractivity contribution in [2.75, 3.05) is 11.2 Å². The molecular formula is C27H20N2O7S3. The Morgan fingerprint density at radius 2 is 1.49 bits per heavy atom. The number of carbonyl (C=O) groups is 1. The van der Waals surface area contributed by atoms with Crippen LogP contribution in [0.5, 0.6) is 0 Å². The average molecular weight is 581 g/mol. The maximum Gasteiger partial charge on any atom is 0.297 e. The van der Waals surface area contributed by atoms with Crippen LogP contribution in [-0.2, 0) is 25.0 Å². The molecule has 39 heavy (non-hydrogen) atoms. The number of hydrogen-bond acceptors (Lipinski definition) is 7. The number of carbonyl (C=O) groups excluding carboxylic acids is 1. The van der Waals surface area contributed by atoms with Crippen LogP contribution in [0.2, 0.25) is 0 Å². The third-order valence-electron chi connectivity index (χ3n) is 6.04. The third-order valence-corrected chi connectivity index (χ3v) is 8.64. The largest absolute Gasteiger partial charge is 0.297 e. The van der Waals surface area contributed by atoms with E-state index in [1.165, 1.54) is 24.3 Å². The summed E-state index contributed by atoms with van der Waals surface area (Å²) >= 11 is 1.57. The van der Waals surface area contributed by atoms with Crippen molar-refractivity contribution < 1.29 is 30.7 Å². The Bertz CT molecular complexity index is 1900. The molecule has 198 valence electrons. The highest BCUT2D eigenvalue weighted by molar-refractivity contribution is 7.98. The summed E-state index contributed by atoms with van der Waals surface area (Å²) in [6, 6.07) is 22.1. The van der Waals surface area contributed by atoms with Crippen molar-refractivity contribution in [2.45, 2.75) is 14.7 Å². The fourth-order valence-corrected chi connectivity index (χ4v) is 6.34. The van der Waals surface area contributed by atoms with Crippen molar-refractivity contribution in [1.29, 1.82) is 0 Å². The topological polar surface area (TPSA) is 141 Å². The number of rotatable bonds is 6. The van der Waals surface area contributed by atoms with Gasteiger partial charge in [0.25, 0.3) is 26.1 Å². The minimum absolute atomic E-state index is 0.0267. The van der Waals surface area contributed by atoms with Gasteiger partial charge in [0, 0.05) is 21.2 Å². The molecule has 4 aromatic rings. The van der Waals surface area contributed by atoms with Crippen LogP contribution < -0.4 is 4.90 Å². The van der Waals surface area contributed by atoms with E-state index >= 15 is 0 Å². The van der Waals surface area contributed by atoms with Crippen molar-refractivity contribution in [3.05, 3.63) is 102 Å². The van der Waals surface area contributed by atoms with Crippen molar-refractivity contribution in [3.63, 3.8) is 0 Å². The minimum Gasteiger partial charge on any atom is -0.282 e. The summed E-state index contributed by atoms with van der Waals surface area (Å²) < 4.78 is 69.3. The lowest BCUT2D eigenvalue weighted by atomic mass is 10.1. The molecule has 0 bridgehead atoms. The molecule has 0 atom stereocenters. The van der Waals surface area contributed by atoms with Gasteiger partial charge in [-0.2, -0.15) is 16.8 Å². The average Bonchev–Trinajstić information content (AvgIpc) is 3.22. The first-order chi connectivity index (χ1) is 18.5. The molecule has 0 aliphatic carbocycles. The fourth-order valence-electron chi connectivity index (χ4n) is 4.34. The number of amides is 1. The summed E-state index contributed by atoms with van der Waals surface area (Å²) in [4.78, 5) is 19.2. The highest BCUT2D eigenvalue weighted by Crippen LogP contribution is 2.38. The van der Waals surface area contributed by atoms with E-state index in [0.29, 0.717) is 11.1 Å². The number of fused-ring (bicyclic) bond motifs is 1. The highest BCUT2D eigenvalue weighted by atomic mass is 32.2. The van der Waals surface area contributed by atoms with E-state index in [9.17, 15) is 30.7 Å². The van der Waals surface area contributed by atoms with Gasteiger partial charge in [0.1, 0.15) is 21.3 Å². The van der Waals surface area contributed by atoms with Gasteiger partial charge in [-0.05, 0) is 42.2 Å². The normalized spacial score (nSPS) is 15.3. The van der Waals surface area contributed by atoms with Crippen molar-refractivity contribution in [1.82, 2.24) is 0 Å². The summed E-state index contributed by atoms with van der Waals surface area (Å²) in [6.07, 6.45) is 3.51. The van der Waals surface area contributed by atoms with Crippen LogP contribution >= 0.6 is 11.8 Å². The van der Waals surface area contributed by atoms with Gasteiger partial charge in [-0.3, -0.25) is 18.8 Å². The molecule has 1 aliphatic rings. The smallest absolute Gasteiger partial charge is 0.282 e. The van der Waals surface area contributed by atoms with Gasteiger partial charge in [-0.15, -0.1) is 11.8 Å².